The maximum atomic E-state index is 12.4. The minimum atomic E-state index is -0.289. The number of hydrogen-bond donors (Lipinski definition) is 2. The maximum absolute atomic E-state index is 12.4. The number of halogens is 1. The van der Waals surface area contributed by atoms with Gasteiger partial charge in [-0.3, -0.25) is 10.1 Å². The molecule has 0 aliphatic heterocycles. The lowest BCUT2D eigenvalue weighted by Gasteiger charge is -2.09. The van der Waals surface area contributed by atoms with Crippen molar-refractivity contribution in [3.05, 3.63) is 69.6 Å². The number of nitrogens with one attached hydrogen (secondary N) is 2. The number of amides is 1. The molecule has 24 heavy (non-hydrogen) atoms. The molecule has 3 rings (SSSR count). The summed E-state index contributed by atoms with van der Waals surface area (Å²) in [4.78, 5) is 12.9. The van der Waals surface area contributed by atoms with E-state index in [2.05, 4.69) is 10.6 Å². The van der Waals surface area contributed by atoms with Crippen molar-refractivity contribution in [1.82, 2.24) is 10.6 Å². The van der Waals surface area contributed by atoms with E-state index >= 15 is 0 Å². The Morgan fingerprint density at radius 1 is 1.17 bits per heavy atom. The molecule has 0 radical (unpaired) electrons. The van der Waals surface area contributed by atoms with Crippen LogP contribution in [-0.4, -0.2) is 11.0 Å². The highest BCUT2D eigenvalue weighted by molar-refractivity contribution is 7.80. The SMILES string of the molecule is Cc1ccc(CNC(=S)NC(=O)c2sc3ccccc3c2Cl)cc1. The van der Waals surface area contributed by atoms with Crippen LogP contribution in [0.15, 0.2) is 48.5 Å². The number of fused-ring (bicyclic) bond motifs is 1. The predicted octanol–water partition coefficient (Wildman–Crippen LogP) is 4.67. The number of hydrogen-bond acceptors (Lipinski definition) is 3. The van der Waals surface area contributed by atoms with E-state index in [1.807, 2.05) is 55.5 Å². The van der Waals surface area contributed by atoms with Gasteiger partial charge in [-0.1, -0.05) is 59.6 Å². The molecule has 122 valence electrons. The van der Waals surface area contributed by atoms with Crippen LogP contribution >= 0.6 is 35.2 Å². The standard InChI is InChI=1S/C18H15ClN2OS2/c1-11-6-8-12(9-7-11)10-20-18(23)21-17(22)16-15(19)13-4-2-3-5-14(13)24-16/h2-9H,10H2,1H3,(H2,20,21,22,23). The summed E-state index contributed by atoms with van der Waals surface area (Å²) in [6.07, 6.45) is 0. The van der Waals surface area contributed by atoms with Crippen LogP contribution in [-0.2, 0) is 6.54 Å². The van der Waals surface area contributed by atoms with Gasteiger partial charge in [0.1, 0.15) is 4.88 Å². The highest BCUT2D eigenvalue weighted by Crippen LogP contribution is 2.34. The number of benzene rings is 2. The van der Waals surface area contributed by atoms with Crippen LogP contribution < -0.4 is 10.6 Å². The Morgan fingerprint density at radius 3 is 2.58 bits per heavy atom. The number of thiophene rings is 1. The Morgan fingerprint density at radius 2 is 1.88 bits per heavy atom. The normalized spacial score (nSPS) is 10.6. The van der Waals surface area contributed by atoms with Gasteiger partial charge in [-0.15, -0.1) is 11.3 Å². The second kappa shape index (κ2) is 7.30. The number of rotatable bonds is 3. The molecule has 0 unspecified atom stereocenters. The quantitative estimate of drug-likeness (QED) is 0.654. The molecular formula is C18H15ClN2OS2. The molecule has 2 N–H and O–H groups in total. The number of carbonyl (C=O) groups is 1. The minimum Gasteiger partial charge on any atom is -0.358 e. The lowest BCUT2D eigenvalue weighted by molar-refractivity contribution is 0.0981. The van der Waals surface area contributed by atoms with E-state index in [-0.39, 0.29) is 11.0 Å². The van der Waals surface area contributed by atoms with Gasteiger partial charge in [0, 0.05) is 16.6 Å². The Balaban J connectivity index is 1.64. The maximum Gasteiger partial charge on any atom is 0.269 e. The summed E-state index contributed by atoms with van der Waals surface area (Å²) in [5.74, 6) is -0.289. The van der Waals surface area contributed by atoms with E-state index < -0.39 is 0 Å². The Bertz CT molecular complexity index is 903. The van der Waals surface area contributed by atoms with E-state index in [1.165, 1.54) is 16.9 Å². The van der Waals surface area contributed by atoms with Gasteiger partial charge in [0.15, 0.2) is 5.11 Å². The molecule has 0 aliphatic rings. The van der Waals surface area contributed by atoms with Gasteiger partial charge in [-0.05, 0) is 30.8 Å². The van der Waals surface area contributed by atoms with E-state index in [1.54, 1.807) is 0 Å². The molecule has 1 aromatic heterocycles. The molecule has 0 saturated heterocycles. The average molecular weight is 375 g/mol. The van der Waals surface area contributed by atoms with Crippen molar-refractivity contribution >= 4 is 56.3 Å². The second-order valence-electron chi connectivity index (χ2n) is 5.36. The van der Waals surface area contributed by atoms with Gasteiger partial charge in [0.05, 0.1) is 5.02 Å². The van der Waals surface area contributed by atoms with Gasteiger partial charge >= 0.3 is 0 Å². The van der Waals surface area contributed by atoms with Crippen molar-refractivity contribution in [2.75, 3.05) is 0 Å². The number of carbonyl (C=O) groups excluding carboxylic acids is 1. The molecule has 1 amide bonds. The van der Waals surface area contributed by atoms with Gasteiger partial charge < -0.3 is 5.32 Å². The molecule has 3 nitrogen and oxygen atoms in total. The third-order valence-electron chi connectivity index (χ3n) is 3.54. The van der Waals surface area contributed by atoms with Gasteiger partial charge in [0.25, 0.3) is 5.91 Å². The summed E-state index contributed by atoms with van der Waals surface area (Å²) < 4.78 is 0.978. The van der Waals surface area contributed by atoms with Gasteiger partial charge in [0.2, 0.25) is 0 Å². The first-order valence-corrected chi connectivity index (χ1v) is 8.96. The Hall–Kier alpha value is -1.95. The third kappa shape index (κ3) is 3.75. The zero-order chi connectivity index (χ0) is 17.1. The van der Waals surface area contributed by atoms with Crippen LogP contribution in [0.5, 0.6) is 0 Å². The van der Waals surface area contributed by atoms with Crippen LogP contribution in [0.25, 0.3) is 10.1 Å². The van der Waals surface area contributed by atoms with Crippen LogP contribution in [0.4, 0.5) is 0 Å². The molecule has 0 fully saturated rings. The molecule has 3 aromatic rings. The summed E-state index contributed by atoms with van der Waals surface area (Å²) in [5, 5.41) is 7.36. The largest absolute Gasteiger partial charge is 0.358 e. The molecule has 0 spiro atoms. The first kappa shape index (κ1) is 16.9. The fraction of sp³-hybridized carbons (Fsp3) is 0.111. The summed E-state index contributed by atoms with van der Waals surface area (Å²) in [5.41, 5.74) is 2.30. The number of aryl methyl sites for hydroxylation is 1. The first-order chi connectivity index (χ1) is 11.5. The van der Waals surface area contributed by atoms with Crippen molar-refractivity contribution < 1.29 is 4.79 Å². The number of thiocarbonyl (C=S) groups is 1. The van der Waals surface area contributed by atoms with E-state index in [0.29, 0.717) is 16.4 Å². The fourth-order valence-corrected chi connectivity index (χ4v) is 3.83. The van der Waals surface area contributed by atoms with Crippen molar-refractivity contribution in [3.8, 4) is 0 Å². The van der Waals surface area contributed by atoms with Crippen molar-refractivity contribution in [2.45, 2.75) is 13.5 Å². The van der Waals surface area contributed by atoms with Crippen molar-refractivity contribution in [2.24, 2.45) is 0 Å². The van der Waals surface area contributed by atoms with Crippen LogP contribution in [0.3, 0.4) is 0 Å². The lowest BCUT2D eigenvalue weighted by atomic mass is 10.1. The summed E-state index contributed by atoms with van der Waals surface area (Å²) in [7, 11) is 0. The zero-order valence-corrected chi connectivity index (χ0v) is 15.3. The molecule has 1 heterocycles. The molecular weight excluding hydrogens is 360 g/mol. The molecule has 6 heteroatoms. The molecule has 0 saturated carbocycles. The van der Waals surface area contributed by atoms with Crippen LogP contribution in [0.2, 0.25) is 5.02 Å². The molecule has 0 bridgehead atoms. The smallest absolute Gasteiger partial charge is 0.269 e. The Labute approximate surface area is 154 Å². The zero-order valence-electron chi connectivity index (χ0n) is 12.9. The summed E-state index contributed by atoms with van der Waals surface area (Å²) in [6.45, 7) is 2.59. The highest BCUT2D eigenvalue weighted by Gasteiger charge is 2.17. The van der Waals surface area contributed by atoms with E-state index in [4.69, 9.17) is 23.8 Å². The third-order valence-corrected chi connectivity index (χ3v) is 5.46. The predicted molar refractivity (Wildman–Crippen MR) is 105 cm³/mol. The lowest BCUT2D eigenvalue weighted by Crippen LogP contribution is -2.38. The van der Waals surface area contributed by atoms with E-state index in [0.717, 1.165) is 15.6 Å². The summed E-state index contributed by atoms with van der Waals surface area (Å²) >= 11 is 12.9. The van der Waals surface area contributed by atoms with Crippen molar-refractivity contribution in [1.29, 1.82) is 0 Å². The average Bonchev–Trinajstić information content (AvgIpc) is 2.92. The summed E-state index contributed by atoms with van der Waals surface area (Å²) in [6, 6.07) is 15.8. The van der Waals surface area contributed by atoms with Crippen LogP contribution in [0, 0.1) is 6.92 Å². The highest BCUT2D eigenvalue weighted by atomic mass is 35.5. The van der Waals surface area contributed by atoms with Gasteiger partial charge in [-0.2, -0.15) is 0 Å². The molecule has 0 atom stereocenters. The fourth-order valence-electron chi connectivity index (χ4n) is 2.25. The van der Waals surface area contributed by atoms with Gasteiger partial charge in [-0.25, -0.2) is 0 Å². The van der Waals surface area contributed by atoms with Crippen molar-refractivity contribution in [3.63, 3.8) is 0 Å². The topological polar surface area (TPSA) is 41.1 Å². The minimum absolute atomic E-state index is 0.286. The Kier molecular flexibility index (Phi) is 5.14. The molecule has 0 aliphatic carbocycles. The monoisotopic (exact) mass is 374 g/mol. The van der Waals surface area contributed by atoms with Crippen LogP contribution in [0.1, 0.15) is 20.8 Å². The first-order valence-electron chi connectivity index (χ1n) is 7.36. The second-order valence-corrected chi connectivity index (χ2v) is 7.20. The van der Waals surface area contributed by atoms with E-state index in [9.17, 15) is 4.79 Å². The molecule has 2 aromatic carbocycles.